The van der Waals surface area contributed by atoms with E-state index in [1.165, 1.54) is 4.31 Å². The Labute approximate surface area is 183 Å². The molecular formula is C23H22NO6S-. The quantitative estimate of drug-likeness (QED) is 0.378. The first kappa shape index (κ1) is 22.3. The molecule has 1 atom stereocenters. The highest BCUT2D eigenvalue weighted by atomic mass is 32.2. The zero-order valence-corrected chi connectivity index (χ0v) is 17.7. The number of para-hydroxylation sites is 1. The van der Waals surface area contributed by atoms with Crippen molar-refractivity contribution in [2.24, 2.45) is 0 Å². The van der Waals surface area contributed by atoms with Gasteiger partial charge in [0.25, 0.3) is 0 Å². The first-order chi connectivity index (χ1) is 14.9. The highest BCUT2D eigenvalue weighted by Gasteiger charge is 2.11. The lowest BCUT2D eigenvalue weighted by Gasteiger charge is -2.26. The number of benzene rings is 3. The zero-order chi connectivity index (χ0) is 22.2. The van der Waals surface area contributed by atoms with Crippen molar-refractivity contribution in [1.82, 2.24) is 0 Å². The van der Waals surface area contributed by atoms with Crippen LogP contribution in [0.15, 0.2) is 72.8 Å². The number of hydrogen-bond acceptors (Lipinski definition) is 5. The summed E-state index contributed by atoms with van der Waals surface area (Å²) in [5.41, 5.74) is 2.67. The Morgan fingerprint density at radius 2 is 1.52 bits per heavy atom. The standard InChI is InChI=1S/C23H23NO6S/c1-17-6-8-19(9-7-17)24(31(27)28)20-10-12-21(13-11-20)29-14-15-30-22-5-3-2-4-18(22)16-23(25)26/h2-13H,14-16H2,1H3,(H,25,26)(H,27,28)/p-1. The normalized spacial score (nSPS) is 11.5. The van der Waals surface area contributed by atoms with Crippen LogP contribution in [0.1, 0.15) is 11.1 Å². The summed E-state index contributed by atoms with van der Waals surface area (Å²) in [6.07, 6.45) is -0.114. The van der Waals surface area contributed by atoms with E-state index in [1.807, 2.05) is 19.1 Å². The maximum Gasteiger partial charge on any atom is 0.307 e. The Morgan fingerprint density at radius 1 is 0.935 bits per heavy atom. The average Bonchev–Trinajstić information content (AvgIpc) is 2.74. The van der Waals surface area contributed by atoms with E-state index in [4.69, 9.17) is 14.6 Å². The fourth-order valence-electron chi connectivity index (χ4n) is 2.94. The summed E-state index contributed by atoms with van der Waals surface area (Å²) in [4.78, 5) is 10.9. The van der Waals surface area contributed by atoms with Crippen molar-refractivity contribution in [3.8, 4) is 11.5 Å². The van der Waals surface area contributed by atoms with Crippen molar-refractivity contribution < 1.29 is 28.1 Å². The molecule has 0 aromatic heterocycles. The smallest absolute Gasteiger partial charge is 0.307 e. The summed E-state index contributed by atoms with van der Waals surface area (Å²) in [5, 5.41) is 8.97. The highest BCUT2D eigenvalue weighted by Crippen LogP contribution is 2.28. The van der Waals surface area contributed by atoms with Gasteiger partial charge in [0.15, 0.2) is 0 Å². The molecule has 162 valence electrons. The van der Waals surface area contributed by atoms with E-state index < -0.39 is 17.2 Å². The molecule has 0 saturated heterocycles. The molecule has 0 fully saturated rings. The summed E-state index contributed by atoms with van der Waals surface area (Å²) in [6, 6.07) is 20.8. The van der Waals surface area contributed by atoms with E-state index in [1.54, 1.807) is 60.7 Å². The van der Waals surface area contributed by atoms with E-state index in [0.29, 0.717) is 28.4 Å². The molecule has 0 amide bonds. The molecule has 0 bridgehead atoms. The lowest BCUT2D eigenvalue weighted by Crippen LogP contribution is -2.19. The number of rotatable bonds is 10. The number of nitrogens with zero attached hydrogens (tertiary/aromatic N) is 1. The fourth-order valence-corrected chi connectivity index (χ4v) is 3.53. The Kier molecular flexibility index (Phi) is 7.64. The molecule has 3 aromatic carbocycles. The largest absolute Gasteiger partial charge is 0.755 e. The molecule has 0 aliphatic rings. The topological polar surface area (TPSA) is 99.1 Å². The van der Waals surface area contributed by atoms with Crippen LogP contribution in [0.5, 0.6) is 11.5 Å². The van der Waals surface area contributed by atoms with Crippen LogP contribution in [-0.2, 0) is 22.5 Å². The number of carboxylic acid groups (broad SMARTS) is 1. The molecule has 0 radical (unpaired) electrons. The highest BCUT2D eigenvalue weighted by molar-refractivity contribution is 7.81. The molecule has 7 nitrogen and oxygen atoms in total. The molecule has 31 heavy (non-hydrogen) atoms. The molecule has 0 saturated carbocycles. The molecule has 1 unspecified atom stereocenters. The van der Waals surface area contributed by atoms with Crippen LogP contribution in [0, 0.1) is 6.92 Å². The summed E-state index contributed by atoms with van der Waals surface area (Å²) in [6.45, 7) is 2.41. The van der Waals surface area contributed by atoms with Crippen LogP contribution >= 0.6 is 0 Å². The van der Waals surface area contributed by atoms with Crippen LogP contribution in [0.4, 0.5) is 11.4 Å². The van der Waals surface area contributed by atoms with Crippen molar-refractivity contribution >= 4 is 28.6 Å². The van der Waals surface area contributed by atoms with Crippen LogP contribution in [0.25, 0.3) is 0 Å². The Hall–Kier alpha value is -3.36. The van der Waals surface area contributed by atoms with Crippen molar-refractivity contribution in [2.45, 2.75) is 13.3 Å². The van der Waals surface area contributed by atoms with E-state index in [2.05, 4.69) is 0 Å². The Bertz CT molecular complexity index is 1040. The molecule has 0 spiro atoms. The third-order valence-corrected chi connectivity index (χ3v) is 5.13. The Balaban J connectivity index is 1.58. The summed E-state index contributed by atoms with van der Waals surface area (Å²) in [5.74, 6) is 0.147. The van der Waals surface area contributed by atoms with Crippen LogP contribution in [0.3, 0.4) is 0 Å². The number of hydrogen-bond donors (Lipinski definition) is 1. The zero-order valence-electron chi connectivity index (χ0n) is 16.9. The van der Waals surface area contributed by atoms with Gasteiger partial charge in [-0.05, 0) is 49.4 Å². The lowest BCUT2D eigenvalue weighted by atomic mass is 10.1. The maximum atomic E-state index is 11.8. The van der Waals surface area contributed by atoms with Crippen LogP contribution in [0.2, 0.25) is 0 Å². The maximum absolute atomic E-state index is 11.8. The van der Waals surface area contributed by atoms with E-state index in [9.17, 15) is 13.6 Å². The number of carbonyl (C=O) groups is 1. The predicted octanol–water partition coefficient (Wildman–Crippen LogP) is 4.01. The number of carboxylic acids is 1. The fraction of sp³-hybridized carbons (Fsp3) is 0.174. The summed E-state index contributed by atoms with van der Waals surface area (Å²) >= 11 is -2.47. The van der Waals surface area contributed by atoms with E-state index in [0.717, 1.165) is 5.56 Å². The third-order valence-electron chi connectivity index (χ3n) is 4.41. The minimum absolute atomic E-state index is 0.114. The SMILES string of the molecule is Cc1ccc(N(c2ccc(OCCOc3ccccc3CC(=O)O)cc2)S(=O)[O-])cc1. The van der Waals surface area contributed by atoms with Gasteiger partial charge < -0.3 is 19.1 Å². The molecule has 1 N–H and O–H groups in total. The number of anilines is 2. The van der Waals surface area contributed by atoms with Gasteiger partial charge >= 0.3 is 5.97 Å². The van der Waals surface area contributed by atoms with Gasteiger partial charge in [-0.1, -0.05) is 35.9 Å². The van der Waals surface area contributed by atoms with E-state index in [-0.39, 0.29) is 19.6 Å². The predicted molar refractivity (Wildman–Crippen MR) is 117 cm³/mol. The van der Waals surface area contributed by atoms with Gasteiger partial charge in [-0.25, -0.2) is 0 Å². The van der Waals surface area contributed by atoms with Crippen molar-refractivity contribution in [3.63, 3.8) is 0 Å². The van der Waals surface area contributed by atoms with Gasteiger partial charge in [0.1, 0.15) is 24.7 Å². The second kappa shape index (κ2) is 10.6. The molecular weight excluding hydrogens is 418 g/mol. The molecule has 0 heterocycles. The summed E-state index contributed by atoms with van der Waals surface area (Å²) < 4.78 is 36.0. The molecule has 8 heteroatoms. The van der Waals surface area contributed by atoms with Gasteiger partial charge in [0.05, 0.1) is 29.1 Å². The second-order valence-corrected chi connectivity index (χ2v) is 7.52. The molecule has 3 rings (SSSR count). The van der Waals surface area contributed by atoms with Crippen molar-refractivity contribution in [2.75, 3.05) is 17.5 Å². The monoisotopic (exact) mass is 440 g/mol. The minimum atomic E-state index is -2.47. The minimum Gasteiger partial charge on any atom is -0.755 e. The molecule has 0 aliphatic carbocycles. The van der Waals surface area contributed by atoms with Gasteiger partial charge in [-0.2, -0.15) is 0 Å². The number of ether oxygens (including phenoxy) is 2. The third kappa shape index (κ3) is 6.31. The number of aryl methyl sites for hydroxylation is 1. The van der Waals surface area contributed by atoms with Crippen molar-refractivity contribution in [1.29, 1.82) is 0 Å². The van der Waals surface area contributed by atoms with Crippen molar-refractivity contribution in [3.05, 3.63) is 83.9 Å². The van der Waals surface area contributed by atoms with Crippen LogP contribution in [-0.4, -0.2) is 33.1 Å². The summed E-state index contributed by atoms with van der Waals surface area (Å²) in [7, 11) is 0. The Morgan fingerprint density at radius 3 is 2.13 bits per heavy atom. The molecule has 3 aromatic rings. The lowest BCUT2D eigenvalue weighted by molar-refractivity contribution is -0.136. The average molecular weight is 440 g/mol. The number of aliphatic carboxylic acids is 1. The van der Waals surface area contributed by atoms with Crippen LogP contribution < -0.4 is 13.8 Å². The van der Waals surface area contributed by atoms with Gasteiger partial charge in [-0.15, -0.1) is 0 Å². The molecule has 0 aliphatic heterocycles. The van der Waals surface area contributed by atoms with Gasteiger partial charge in [0, 0.05) is 5.56 Å². The first-order valence-corrected chi connectivity index (χ1v) is 10.6. The van der Waals surface area contributed by atoms with Gasteiger partial charge in [-0.3, -0.25) is 13.3 Å². The van der Waals surface area contributed by atoms with Gasteiger partial charge in [0.2, 0.25) is 0 Å². The second-order valence-electron chi connectivity index (χ2n) is 6.72. The first-order valence-electron chi connectivity index (χ1n) is 9.55. The van der Waals surface area contributed by atoms with E-state index >= 15 is 0 Å².